The normalized spacial score (nSPS) is 19.0. The monoisotopic (exact) mass is 320 g/mol. The van der Waals surface area contributed by atoms with Gasteiger partial charge in [0.2, 0.25) is 0 Å². The second-order valence-electron chi connectivity index (χ2n) is 7.05. The van der Waals surface area contributed by atoms with Gasteiger partial charge in [-0.2, -0.15) is 0 Å². The molecule has 0 aromatic carbocycles. The number of ether oxygens (including phenoxy) is 1. The lowest BCUT2D eigenvalue weighted by Crippen LogP contribution is -2.41. The first-order valence-corrected chi connectivity index (χ1v) is 7.83. The molecule has 7 heteroatoms. The standard InChI is InChI=1S/C16H25BN2O4/c1-11(2)19-14(20)10-21-13-7-12(8-18-9-13)17-22-15(3,4)16(5,6)23-17/h7-9,11H,10H2,1-6H3,(H,19,20). The van der Waals surface area contributed by atoms with Crippen molar-refractivity contribution in [1.29, 1.82) is 0 Å². The van der Waals surface area contributed by atoms with E-state index in [9.17, 15) is 4.79 Å². The van der Waals surface area contributed by atoms with E-state index in [0.717, 1.165) is 5.46 Å². The fraction of sp³-hybridized carbons (Fsp3) is 0.625. The van der Waals surface area contributed by atoms with E-state index in [1.165, 1.54) is 0 Å². The molecule has 23 heavy (non-hydrogen) atoms. The van der Waals surface area contributed by atoms with E-state index in [2.05, 4.69) is 10.3 Å². The minimum atomic E-state index is -0.499. The van der Waals surface area contributed by atoms with Crippen LogP contribution >= 0.6 is 0 Å². The molecule has 0 unspecified atom stereocenters. The summed E-state index contributed by atoms with van der Waals surface area (Å²) < 4.78 is 17.5. The maximum atomic E-state index is 11.6. The van der Waals surface area contributed by atoms with E-state index in [-0.39, 0.29) is 18.6 Å². The van der Waals surface area contributed by atoms with Gasteiger partial charge in [0.1, 0.15) is 5.75 Å². The molecule has 1 aliphatic rings. The predicted molar refractivity (Wildman–Crippen MR) is 88.7 cm³/mol. The smallest absolute Gasteiger partial charge is 0.482 e. The van der Waals surface area contributed by atoms with Gasteiger partial charge in [0.15, 0.2) is 6.61 Å². The molecule has 6 nitrogen and oxygen atoms in total. The topological polar surface area (TPSA) is 69.7 Å². The first-order valence-electron chi connectivity index (χ1n) is 7.83. The number of carbonyl (C=O) groups excluding carboxylic acids is 1. The number of carbonyl (C=O) groups is 1. The Morgan fingerprint density at radius 3 is 2.43 bits per heavy atom. The molecule has 1 aromatic rings. The van der Waals surface area contributed by atoms with Crippen molar-refractivity contribution in [3.05, 3.63) is 18.5 Å². The summed E-state index contributed by atoms with van der Waals surface area (Å²) in [4.78, 5) is 15.8. The van der Waals surface area contributed by atoms with Crippen LogP contribution in [0.25, 0.3) is 0 Å². The van der Waals surface area contributed by atoms with Crippen LogP contribution in [0.1, 0.15) is 41.5 Å². The summed E-state index contributed by atoms with van der Waals surface area (Å²) in [6.45, 7) is 11.7. The zero-order valence-electron chi connectivity index (χ0n) is 14.7. The third-order valence-electron chi connectivity index (χ3n) is 4.08. The molecule has 0 spiro atoms. The van der Waals surface area contributed by atoms with Gasteiger partial charge >= 0.3 is 7.12 Å². The molecule has 0 radical (unpaired) electrons. The van der Waals surface area contributed by atoms with Crippen LogP contribution in [0.3, 0.4) is 0 Å². The highest BCUT2D eigenvalue weighted by Gasteiger charge is 2.51. The first-order chi connectivity index (χ1) is 10.6. The van der Waals surface area contributed by atoms with Crippen LogP contribution < -0.4 is 15.5 Å². The van der Waals surface area contributed by atoms with Crippen molar-refractivity contribution >= 4 is 18.5 Å². The molecule has 126 valence electrons. The van der Waals surface area contributed by atoms with Crippen LogP contribution in [0.4, 0.5) is 0 Å². The molecule has 1 aliphatic heterocycles. The number of rotatable bonds is 5. The van der Waals surface area contributed by atoms with Crippen LogP contribution in [-0.2, 0) is 14.1 Å². The van der Waals surface area contributed by atoms with E-state index in [4.69, 9.17) is 14.0 Å². The van der Waals surface area contributed by atoms with Crippen LogP contribution in [0.2, 0.25) is 0 Å². The number of pyridine rings is 1. The molecule has 1 fully saturated rings. The van der Waals surface area contributed by atoms with Gasteiger partial charge in [0, 0.05) is 17.7 Å². The molecule has 0 saturated carbocycles. The average Bonchev–Trinajstić information content (AvgIpc) is 2.65. The molecular weight excluding hydrogens is 295 g/mol. The largest absolute Gasteiger partial charge is 0.496 e. The summed E-state index contributed by atoms with van der Waals surface area (Å²) in [7, 11) is -0.499. The van der Waals surface area contributed by atoms with Crippen LogP contribution in [0, 0.1) is 0 Å². The van der Waals surface area contributed by atoms with E-state index >= 15 is 0 Å². The molecule has 1 amide bonds. The van der Waals surface area contributed by atoms with Crippen molar-refractivity contribution in [2.75, 3.05) is 6.61 Å². The van der Waals surface area contributed by atoms with Crippen molar-refractivity contribution in [2.45, 2.75) is 58.8 Å². The second kappa shape index (κ2) is 6.49. The summed E-state index contributed by atoms with van der Waals surface area (Å²) in [6, 6.07) is 1.87. The molecule has 0 atom stereocenters. The Kier molecular flexibility index (Phi) is 5.01. The average molecular weight is 320 g/mol. The highest BCUT2D eigenvalue weighted by molar-refractivity contribution is 6.62. The fourth-order valence-electron chi connectivity index (χ4n) is 2.14. The minimum Gasteiger partial charge on any atom is -0.482 e. The summed E-state index contributed by atoms with van der Waals surface area (Å²) in [6.07, 6.45) is 3.25. The van der Waals surface area contributed by atoms with Gasteiger partial charge in [0.05, 0.1) is 17.4 Å². The van der Waals surface area contributed by atoms with Crippen LogP contribution in [0.5, 0.6) is 5.75 Å². The lowest BCUT2D eigenvalue weighted by atomic mass is 9.80. The number of aromatic nitrogens is 1. The van der Waals surface area contributed by atoms with Crippen molar-refractivity contribution in [3.63, 3.8) is 0 Å². The van der Waals surface area contributed by atoms with E-state index in [1.807, 2.05) is 41.5 Å². The predicted octanol–water partition coefficient (Wildman–Crippen LogP) is 1.28. The van der Waals surface area contributed by atoms with E-state index in [0.29, 0.717) is 5.75 Å². The lowest BCUT2D eigenvalue weighted by molar-refractivity contribution is -0.123. The zero-order chi connectivity index (χ0) is 17.3. The SMILES string of the molecule is CC(C)NC(=O)COc1cncc(B2OC(C)(C)C(C)(C)O2)c1. The van der Waals surface area contributed by atoms with Gasteiger partial charge in [-0.05, 0) is 47.6 Å². The van der Waals surface area contributed by atoms with Gasteiger partial charge in [0.25, 0.3) is 5.91 Å². The number of nitrogens with zero attached hydrogens (tertiary/aromatic N) is 1. The summed E-state index contributed by atoms with van der Waals surface area (Å²) in [5, 5.41) is 2.77. The van der Waals surface area contributed by atoms with Gasteiger partial charge < -0.3 is 19.4 Å². The number of nitrogens with one attached hydrogen (secondary N) is 1. The molecule has 1 N–H and O–H groups in total. The van der Waals surface area contributed by atoms with Crippen molar-refractivity contribution in [3.8, 4) is 5.75 Å². The third-order valence-corrected chi connectivity index (χ3v) is 4.08. The third kappa shape index (κ3) is 4.23. The Labute approximate surface area is 138 Å². The van der Waals surface area contributed by atoms with Crippen LogP contribution in [0.15, 0.2) is 18.5 Å². The van der Waals surface area contributed by atoms with Crippen molar-refractivity contribution < 1.29 is 18.8 Å². The summed E-state index contributed by atoms with van der Waals surface area (Å²) in [5.74, 6) is 0.345. The molecule has 2 heterocycles. The van der Waals surface area contributed by atoms with Gasteiger partial charge in [-0.3, -0.25) is 9.78 Å². The second-order valence-corrected chi connectivity index (χ2v) is 7.05. The Hall–Kier alpha value is -1.60. The summed E-state index contributed by atoms with van der Waals surface area (Å²) >= 11 is 0. The van der Waals surface area contributed by atoms with Crippen LogP contribution in [-0.4, -0.2) is 41.9 Å². The first kappa shape index (κ1) is 17.8. The minimum absolute atomic E-state index is 0.0489. The molecule has 0 bridgehead atoms. The van der Waals surface area contributed by atoms with Gasteiger partial charge in [-0.25, -0.2) is 0 Å². The van der Waals surface area contributed by atoms with E-state index in [1.54, 1.807) is 18.5 Å². The maximum Gasteiger partial charge on any atom is 0.496 e. The van der Waals surface area contributed by atoms with Gasteiger partial charge in [-0.15, -0.1) is 0 Å². The molecule has 1 aromatic heterocycles. The fourth-order valence-corrected chi connectivity index (χ4v) is 2.14. The molecule has 1 saturated heterocycles. The van der Waals surface area contributed by atoms with Crippen molar-refractivity contribution in [1.82, 2.24) is 10.3 Å². The number of hydrogen-bond donors (Lipinski definition) is 1. The Morgan fingerprint density at radius 2 is 1.87 bits per heavy atom. The Balaban J connectivity index is 2.02. The Bertz CT molecular complexity index is 559. The lowest BCUT2D eigenvalue weighted by Gasteiger charge is -2.32. The molecule has 2 rings (SSSR count). The van der Waals surface area contributed by atoms with E-state index < -0.39 is 18.3 Å². The highest BCUT2D eigenvalue weighted by Crippen LogP contribution is 2.36. The Morgan fingerprint density at radius 1 is 1.26 bits per heavy atom. The van der Waals surface area contributed by atoms with Gasteiger partial charge in [-0.1, -0.05) is 0 Å². The number of amides is 1. The highest BCUT2D eigenvalue weighted by atomic mass is 16.7. The molecule has 0 aliphatic carbocycles. The maximum absolute atomic E-state index is 11.6. The zero-order valence-corrected chi connectivity index (χ0v) is 14.7. The quantitative estimate of drug-likeness (QED) is 0.828. The molecular formula is C16H25BN2O4. The van der Waals surface area contributed by atoms with Crippen molar-refractivity contribution in [2.24, 2.45) is 0 Å². The number of hydrogen-bond acceptors (Lipinski definition) is 5. The summed E-state index contributed by atoms with van der Waals surface area (Å²) in [5.41, 5.74) is -0.0532.